The maximum absolute atomic E-state index is 12.1. The van der Waals surface area contributed by atoms with Gasteiger partial charge in [-0.1, -0.05) is 34.6 Å². The second-order valence-corrected chi connectivity index (χ2v) is 7.30. The van der Waals surface area contributed by atoms with Crippen LogP contribution in [0.5, 0.6) is 0 Å². The molecule has 0 spiro atoms. The summed E-state index contributed by atoms with van der Waals surface area (Å²) in [5.41, 5.74) is 0.861. The van der Waals surface area contributed by atoms with Gasteiger partial charge in [0.15, 0.2) is 0 Å². The number of nitrogens with one attached hydrogen (secondary N) is 2. The van der Waals surface area contributed by atoms with E-state index in [2.05, 4.69) is 20.5 Å². The lowest BCUT2D eigenvalue weighted by Gasteiger charge is -2.15. The molecule has 1 aromatic carbocycles. The van der Waals surface area contributed by atoms with Gasteiger partial charge in [-0.15, -0.1) is 10.2 Å². The van der Waals surface area contributed by atoms with E-state index in [1.54, 1.807) is 24.3 Å². The Morgan fingerprint density at radius 2 is 1.84 bits per heavy atom. The molecule has 0 bridgehead atoms. The second-order valence-electron chi connectivity index (χ2n) is 7.30. The van der Waals surface area contributed by atoms with Crippen LogP contribution in [0.3, 0.4) is 0 Å². The molecule has 0 unspecified atom stereocenters. The van der Waals surface area contributed by atoms with Gasteiger partial charge in [0.1, 0.15) is 5.69 Å². The van der Waals surface area contributed by atoms with Crippen LogP contribution in [0, 0.1) is 5.92 Å². The summed E-state index contributed by atoms with van der Waals surface area (Å²) in [6, 6.07) is 6.73. The van der Waals surface area contributed by atoms with Crippen LogP contribution in [-0.4, -0.2) is 27.8 Å². The van der Waals surface area contributed by atoms with Crippen molar-refractivity contribution in [3.8, 4) is 0 Å². The molecule has 0 aliphatic heterocycles. The van der Waals surface area contributed by atoms with E-state index in [0.29, 0.717) is 23.6 Å². The van der Waals surface area contributed by atoms with Crippen LogP contribution >= 0.6 is 0 Å². The van der Waals surface area contributed by atoms with Crippen LogP contribution in [-0.2, 0) is 10.2 Å². The Balaban J connectivity index is 2.08. The van der Waals surface area contributed by atoms with Gasteiger partial charge in [-0.25, -0.2) is 4.79 Å². The number of anilines is 2. The van der Waals surface area contributed by atoms with E-state index < -0.39 is 0 Å². The summed E-state index contributed by atoms with van der Waals surface area (Å²) in [6.07, 6.45) is 0. The third kappa shape index (κ3) is 5.14. The average Bonchev–Trinajstić information content (AvgIpc) is 2.52. The molecule has 0 radical (unpaired) electrons. The van der Waals surface area contributed by atoms with Crippen molar-refractivity contribution in [1.82, 2.24) is 15.2 Å². The third-order valence-electron chi connectivity index (χ3n) is 3.34. The van der Waals surface area contributed by atoms with Crippen molar-refractivity contribution in [1.29, 1.82) is 0 Å². The minimum Gasteiger partial charge on any atom is -0.462 e. The van der Waals surface area contributed by atoms with E-state index >= 15 is 0 Å². The first-order valence-corrected chi connectivity index (χ1v) is 8.18. The Morgan fingerprint density at radius 1 is 1.20 bits per heavy atom. The van der Waals surface area contributed by atoms with Gasteiger partial charge in [-0.05, 0) is 30.2 Å². The number of nitrogens with zero attached hydrogens (tertiary/aromatic N) is 2. The van der Waals surface area contributed by atoms with Crippen molar-refractivity contribution in [2.45, 2.75) is 40.0 Å². The monoisotopic (exact) mass is 344 g/mol. The fourth-order valence-electron chi connectivity index (χ4n) is 2.04. The topological polar surface area (TPSA) is 97.0 Å². The highest BCUT2D eigenvalue weighted by Crippen LogP contribution is 2.17. The molecule has 2 N–H and O–H groups in total. The van der Waals surface area contributed by atoms with Crippen LogP contribution in [0.2, 0.25) is 0 Å². The summed E-state index contributed by atoms with van der Waals surface area (Å²) in [4.78, 5) is 26.6. The standard InChI is InChI=1S/C18H24N4O3/c1-11(2)10-25-16(24)12-6-8-13(9-7-12)19-17-20-15(23)14(21-22-17)18(3,4)5/h6-9,11H,10H2,1-5H3,(H2,19,20,22,23). The summed E-state index contributed by atoms with van der Waals surface area (Å²) in [5, 5.41) is 11.0. The van der Waals surface area contributed by atoms with E-state index in [1.807, 2.05) is 34.6 Å². The number of hydrogen-bond acceptors (Lipinski definition) is 6. The maximum Gasteiger partial charge on any atom is 0.338 e. The Bertz CT molecular complexity index is 789. The number of esters is 1. The first kappa shape index (κ1) is 18.6. The molecular weight excluding hydrogens is 320 g/mol. The van der Waals surface area contributed by atoms with E-state index in [0.717, 1.165) is 0 Å². The third-order valence-corrected chi connectivity index (χ3v) is 3.34. The van der Waals surface area contributed by atoms with Gasteiger partial charge in [0.25, 0.3) is 5.56 Å². The van der Waals surface area contributed by atoms with Crippen molar-refractivity contribution in [2.75, 3.05) is 11.9 Å². The number of ether oxygens (including phenoxy) is 1. The highest BCUT2D eigenvalue weighted by Gasteiger charge is 2.20. The molecule has 25 heavy (non-hydrogen) atoms. The van der Waals surface area contributed by atoms with Gasteiger partial charge in [-0.2, -0.15) is 0 Å². The fourth-order valence-corrected chi connectivity index (χ4v) is 2.04. The van der Waals surface area contributed by atoms with Crippen molar-refractivity contribution < 1.29 is 9.53 Å². The Hall–Kier alpha value is -2.70. The number of carbonyl (C=O) groups is 1. The Kier molecular flexibility index (Phi) is 5.56. The number of rotatable bonds is 5. The van der Waals surface area contributed by atoms with Crippen molar-refractivity contribution in [3.63, 3.8) is 0 Å². The van der Waals surface area contributed by atoms with Crippen molar-refractivity contribution >= 4 is 17.6 Å². The number of aromatic nitrogens is 3. The minimum absolute atomic E-state index is 0.244. The predicted octanol–water partition coefficient (Wildman–Crippen LogP) is 3.02. The minimum atomic E-state index is -0.378. The molecule has 0 aliphatic rings. The van der Waals surface area contributed by atoms with Gasteiger partial charge in [0.05, 0.1) is 12.2 Å². The predicted molar refractivity (Wildman–Crippen MR) is 96.2 cm³/mol. The molecule has 0 fully saturated rings. The van der Waals surface area contributed by atoms with Crippen LogP contribution in [0.25, 0.3) is 0 Å². The first-order valence-electron chi connectivity index (χ1n) is 8.18. The summed E-state index contributed by atoms with van der Waals surface area (Å²) < 4.78 is 5.18. The van der Waals surface area contributed by atoms with Gasteiger partial charge >= 0.3 is 5.97 Å². The molecule has 0 atom stereocenters. The SMILES string of the molecule is CC(C)COC(=O)c1ccc(Nc2nnc(C(C)(C)C)c(=O)[nH]2)cc1. The zero-order chi connectivity index (χ0) is 18.6. The van der Waals surface area contributed by atoms with Gasteiger partial charge < -0.3 is 10.1 Å². The number of H-pyrrole nitrogens is 1. The fraction of sp³-hybridized carbons (Fsp3) is 0.444. The lowest BCUT2D eigenvalue weighted by Crippen LogP contribution is -2.28. The Labute approximate surface area is 146 Å². The Morgan fingerprint density at radius 3 is 2.36 bits per heavy atom. The quantitative estimate of drug-likeness (QED) is 0.809. The van der Waals surface area contributed by atoms with Crippen LogP contribution in [0.4, 0.5) is 11.6 Å². The number of benzene rings is 1. The zero-order valence-corrected chi connectivity index (χ0v) is 15.2. The molecule has 0 amide bonds. The van der Waals surface area contributed by atoms with Gasteiger partial charge in [0, 0.05) is 11.1 Å². The molecule has 134 valence electrons. The highest BCUT2D eigenvalue weighted by atomic mass is 16.5. The van der Waals surface area contributed by atoms with Crippen molar-refractivity contribution in [2.24, 2.45) is 5.92 Å². The van der Waals surface area contributed by atoms with Gasteiger partial charge in [-0.3, -0.25) is 9.78 Å². The molecule has 1 aromatic heterocycles. The molecule has 2 aromatic rings. The van der Waals surface area contributed by atoms with Crippen LogP contribution in [0.1, 0.15) is 50.7 Å². The van der Waals surface area contributed by atoms with Crippen LogP contribution in [0.15, 0.2) is 29.1 Å². The lowest BCUT2D eigenvalue weighted by molar-refractivity contribution is 0.0459. The summed E-state index contributed by atoms with van der Waals surface area (Å²) >= 11 is 0. The van der Waals surface area contributed by atoms with E-state index in [-0.39, 0.29) is 28.8 Å². The molecule has 7 heteroatoms. The van der Waals surface area contributed by atoms with Gasteiger partial charge in [0.2, 0.25) is 5.95 Å². The molecule has 0 aliphatic carbocycles. The molecule has 0 saturated carbocycles. The number of hydrogen-bond donors (Lipinski definition) is 2. The molecule has 7 nitrogen and oxygen atoms in total. The summed E-state index contributed by atoms with van der Waals surface area (Å²) in [7, 11) is 0. The first-order chi connectivity index (χ1) is 11.7. The molecule has 0 saturated heterocycles. The summed E-state index contributed by atoms with van der Waals surface area (Å²) in [6.45, 7) is 10.0. The average molecular weight is 344 g/mol. The van der Waals surface area contributed by atoms with E-state index in [9.17, 15) is 9.59 Å². The highest BCUT2D eigenvalue weighted by molar-refractivity contribution is 5.89. The molecule has 1 heterocycles. The largest absolute Gasteiger partial charge is 0.462 e. The second kappa shape index (κ2) is 7.46. The van der Waals surface area contributed by atoms with Crippen molar-refractivity contribution in [3.05, 3.63) is 45.9 Å². The number of aromatic amines is 1. The lowest BCUT2D eigenvalue weighted by atomic mass is 9.93. The molecule has 2 rings (SSSR count). The summed E-state index contributed by atoms with van der Waals surface area (Å²) in [5.74, 6) is 0.174. The van der Waals surface area contributed by atoms with Crippen LogP contribution < -0.4 is 10.9 Å². The van der Waals surface area contributed by atoms with E-state index in [1.165, 1.54) is 0 Å². The van der Waals surface area contributed by atoms with E-state index in [4.69, 9.17) is 4.74 Å². The number of carbonyl (C=O) groups excluding carboxylic acids is 1. The molecular formula is C18H24N4O3. The normalized spacial score (nSPS) is 11.4. The zero-order valence-electron chi connectivity index (χ0n) is 15.2. The maximum atomic E-state index is 12.1. The smallest absolute Gasteiger partial charge is 0.338 e.